The first-order chi connectivity index (χ1) is 13.3. The van der Waals surface area contributed by atoms with Crippen molar-refractivity contribution in [1.82, 2.24) is 25.4 Å². The maximum absolute atomic E-state index is 10.8. The summed E-state index contributed by atoms with van der Waals surface area (Å²) in [6, 6.07) is 3.63. The second-order valence-electron chi connectivity index (χ2n) is 7.44. The highest BCUT2D eigenvalue weighted by molar-refractivity contribution is 14.0. The van der Waals surface area contributed by atoms with E-state index in [4.69, 9.17) is 9.15 Å². The number of halogens is 1. The molecule has 0 bridgehead atoms. The molecule has 2 unspecified atom stereocenters. The van der Waals surface area contributed by atoms with E-state index in [-0.39, 0.29) is 36.6 Å². The van der Waals surface area contributed by atoms with Crippen molar-refractivity contribution in [3.8, 4) is 0 Å². The molecule has 1 aliphatic rings. The molecule has 9 nitrogen and oxygen atoms in total. The molecule has 0 amide bonds. The van der Waals surface area contributed by atoms with Gasteiger partial charge in [0, 0.05) is 20.2 Å². The SMILES string of the molecule is Cc1ccc(C(C)(O)CNC(=NCc2nnc(C)n2C)NCC2CCCO2)o1.I. The Kier molecular flexibility index (Phi) is 8.46. The summed E-state index contributed by atoms with van der Waals surface area (Å²) in [7, 11) is 1.91. The van der Waals surface area contributed by atoms with E-state index in [1.165, 1.54) is 0 Å². The van der Waals surface area contributed by atoms with E-state index in [0.717, 1.165) is 36.9 Å². The Labute approximate surface area is 188 Å². The Morgan fingerprint density at radius 3 is 2.72 bits per heavy atom. The number of aliphatic imine (C=N–C) groups is 1. The van der Waals surface area contributed by atoms with Crippen LogP contribution in [0.15, 0.2) is 21.5 Å². The third-order valence-corrected chi connectivity index (χ3v) is 4.95. The van der Waals surface area contributed by atoms with Gasteiger partial charge in [-0.2, -0.15) is 0 Å². The highest BCUT2D eigenvalue weighted by Crippen LogP contribution is 2.21. The number of aromatic nitrogens is 3. The number of nitrogens with one attached hydrogen (secondary N) is 2. The van der Waals surface area contributed by atoms with Gasteiger partial charge in [-0.25, -0.2) is 4.99 Å². The number of furan rings is 1. The summed E-state index contributed by atoms with van der Waals surface area (Å²) in [5, 5.41) is 25.5. The molecule has 0 aliphatic carbocycles. The molecule has 162 valence electrons. The van der Waals surface area contributed by atoms with Gasteiger partial charge in [0.05, 0.1) is 12.6 Å². The fourth-order valence-electron chi connectivity index (χ4n) is 3.00. The summed E-state index contributed by atoms with van der Waals surface area (Å²) in [5.74, 6) is 3.46. The van der Waals surface area contributed by atoms with E-state index >= 15 is 0 Å². The molecule has 29 heavy (non-hydrogen) atoms. The minimum Gasteiger partial charge on any atom is -0.463 e. The lowest BCUT2D eigenvalue weighted by Gasteiger charge is -2.23. The van der Waals surface area contributed by atoms with Crippen LogP contribution in [0.5, 0.6) is 0 Å². The van der Waals surface area contributed by atoms with E-state index < -0.39 is 5.60 Å². The monoisotopic (exact) mass is 518 g/mol. The third-order valence-electron chi connectivity index (χ3n) is 4.95. The van der Waals surface area contributed by atoms with Gasteiger partial charge < -0.3 is 29.5 Å². The fourth-order valence-corrected chi connectivity index (χ4v) is 3.00. The van der Waals surface area contributed by atoms with E-state index in [9.17, 15) is 5.11 Å². The van der Waals surface area contributed by atoms with Crippen LogP contribution in [0.3, 0.4) is 0 Å². The third kappa shape index (κ3) is 6.41. The van der Waals surface area contributed by atoms with Crippen molar-refractivity contribution >= 4 is 29.9 Å². The van der Waals surface area contributed by atoms with Crippen LogP contribution < -0.4 is 10.6 Å². The number of aryl methyl sites for hydroxylation is 2. The van der Waals surface area contributed by atoms with E-state index in [1.807, 2.05) is 31.5 Å². The Bertz CT molecular complexity index is 811. The summed E-state index contributed by atoms with van der Waals surface area (Å²) in [6.45, 7) is 7.55. The van der Waals surface area contributed by atoms with Gasteiger partial charge in [0.1, 0.15) is 29.5 Å². The molecule has 10 heteroatoms. The number of rotatable bonds is 7. The first kappa shape index (κ1) is 23.6. The molecule has 1 saturated heterocycles. The Hall–Kier alpha value is -1.66. The van der Waals surface area contributed by atoms with Crippen LogP contribution in [0.4, 0.5) is 0 Å². The van der Waals surface area contributed by atoms with Gasteiger partial charge in [0.15, 0.2) is 11.8 Å². The Balaban J connectivity index is 0.00000300. The van der Waals surface area contributed by atoms with Gasteiger partial charge >= 0.3 is 0 Å². The number of aliphatic hydroxyl groups is 1. The van der Waals surface area contributed by atoms with Crippen molar-refractivity contribution in [3.05, 3.63) is 35.3 Å². The lowest BCUT2D eigenvalue weighted by molar-refractivity contribution is 0.0377. The molecule has 0 spiro atoms. The topological polar surface area (TPSA) is 110 Å². The lowest BCUT2D eigenvalue weighted by atomic mass is 10.0. The highest BCUT2D eigenvalue weighted by atomic mass is 127. The Morgan fingerprint density at radius 2 is 2.14 bits per heavy atom. The van der Waals surface area contributed by atoms with Crippen LogP contribution in [-0.4, -0.2) is 51.6 Å². The zero-order valence-corrected chi connectivity index (χ0v) is 19.8. The number of guanidine groups is 1. The number of ether oxygens (including phenoxy) is 1. The van der Waals surface area contributed by atoms with E-state index in [1.54, 1.807) is 13.0 Å². The quantitative estimate of drug-likeness (QED) is 0.291. The van der Waals surface area contributed by atoms with E-state index in [0.29, 0.717) is 24.8 Å². The molecule has 0 radical (unpaired) electrons. The van der Waals surface area contributed by atoms with E-state index in [2.05, 4.69) is 25.8 Å². The minimum atomic E-state index is -1.16. The largest absolute Gasteiger partial charge is 0.463 e. The molecule has 1 fully saturated rings. The summed E-state index contributed by atoms with van der Waals surface area (Å²) in [6.07, 6.45) is 2.29. The van der Waals surface area contributed by atoms with Crippen LogP contribution in [-0.2, 0) is 23.9 Å². The summed E-state index contributed by atoms with van der Waals surface area (Å²) in [5.41, 5.74) is -1.16. The van der Waals surface area contributed by atoms with Crippen molar-refractivity contribution in [2.24, 2.45) is 12.0 Å². The summed E-state index contributed by atoms with van der Waals surface area (Å²) < 4.78 is 13.2. The van der Waals surface area contributed by atoms with Crippen molar-refractivity contribution in [2.45, 2.75) is 51.9 Å². The van der Waals surface area contributed by atoms with Crippen LogP contribution in [0, 0.1) is 13.8 Å². The van der Waals surface area contributed by atoms with Gasteiger partial charge in [-0.1, -0.05) is 0 Å². The zero-order valence-electron chi connectivity index (χ0n) is 17.4. The minimum absolute atomic E-state index is 0. The maximum atomic E-state index is 10.8. The van der Waals surface area contributed by atoms with Crippen LogP contribution in [0.2, 0.25) is 0 Å². The van der Waals surface area contributed by atoms with Crippen LogP contribution >= 0.6 is 24.0 Å². The van der Waals surface area contributed by atoms with Crippen molar-refractivity contribution in [3.63, 3.8) is 0 Å². The average Bonchev–Trinajstić information content (AvgIpc) is 3.39. The van der Waals surface area contributed by atoms with Crippen molar-refractivity contribution in [1.29, 1.82) is 0 Å². The standard InChI is InChI=1S/C19H30N6O3.HI/c1-13-7-8-16(28-13)19(3,26)12-22-18(20-10-15-6-5-9-27-15)21-11-17-24-23-14(2)25(17)4;/h7-8,15,26H,5-6,9-12H2,1-4H3,(H2,20,21,22);1H. The van der Waals surface area contributed by atoms with Gasteiger partial charge in [-0.3, -0.25) is 0 Å². The Morgan fingerprint density at radius 1 is 1.34 bits per heavy atom. The zero-order chi connectivity index (χ0) is 20.1. The number of hydrogen-bond acceptors (Lipinski definition) is 6. The van der Waals surface area contributed by atoms with Crippen LogP contribution in [0.25, 0.3) is 0 Å². The molecule has 0 aromatic carbocycles. The van der Waals surface area contributed by atoms with Gasteiger partial charge in [-0.05, 0) is 45.7 Å². The smallest absolute Gasteiger partial charge is 0.191 e. The van der Waals surface area contributed by atoms with Crippen molar-refractivity contribution in [2.75, 3.05) is 19.7 Å². The molecule has 3 heterocycles. The highest BCUT2D eigenvalue weighted by Gasteiger charge is 2.27. The number of hydrogen-bond donors (Lipinski definition) is 3. The van der Waals surface area contributed by atoms with Gasteiger partial charge in [0.25, 0.3) is 0 Å². The van der Waals surface area contributed by atoms with Gasteiger partial charge in [0.2, 0.25) is 0 Å². The lowest BCUT2D eigenvalue weighted by Crippen LogP contribution is -2.46. The fraction of sp³-hybridized carbons (Fsp3) is 0.632. The normalized spacial score (nSPS) is 18.9. The van der Waals surface area contributed by atoms with Crippen molar-refractivity contribution < 1.29 is 14.3 Å². The molecular formula is C19H31IN6O3. The average molecular weight is 518 g/mol. The first-order valence-corrected chi connectivity index (χ1v) is 9.63. The summed E-state index contributed by atoms with van der Waals surface area (Å²) >= 11 is 0. The maximum Gasteiger partial charge on any atom is 0.191 e. The predicted molar refractivity (Wildman–Crippen MR) is 120 cm³/mol. The first-order valence-electron chi connectivity index (χ1n) is 9.63. The van der Waals surface area contributed by atoms with Gasteiger partial charge in [-0.15, -0.1) is 34.2 Å². The molecule has 3 N–H and O–H groups in total. The molecule has 1 aliphatic heterocycles. The molecule has 3 rings (SSSR count). The second-order valence-corrected chi connectivity index (χ2v) is 7.44. The summed E-state index contributed by atoms with van der Waals surface area (Å²) in [4.78, 5) is 4.60. The van der Waals surface area contributed by atoms with Crippen LogP contribution in [0.1, 0.15) is 42.9 Å². The molecule has 2 aromatic heterocycles. The molecular weight excluding hydrogens is 487 g/mol. The predicted octanol–water partition coefficient (Wildman–Crippen LogP) is 1.76. The second kappa shape index (κ2) is 10.4. The molecule has 2 aromatic rings. The molecule has 2 atom stereocenters. The number of nitrogens with zero attached hydrogens (tertiary/aromatic N) is 4. The molecule has 0 saturated carbocycles.